The molecular weight excluding hydrogens is 204 g/mol. The maximum atomic E-state index is 10.3. The molecule has 0 amide bonds. The Morgan fingerprint density at radius 2 is 1.75 bits per heavy atom. The molecule has 16 heavy (non-hydrogen) atoms. The van der Waals surface area contributed by atoms with Gasteiger partial charge in [-0.3, -0.25) is 0 Å². The van der Waals surface area contributed by atoms with Crippen LogP contribution in [0.1, 0.15) is 31.4 Å². The quantitative estimate of drug-likeness (QED) is 0.854. The SMILES string of the molecule is CCC(C)(O)c1cc(OC)c(C)cc1OC. The van der Waals surface area contributed by atoms with Gasteiger partial charge in [-0.15, -0.1) is 0 Å². The van der Waals surface area contributed by atoms with Crippen LogP contribution in [0.3, 0.4) is 0 Å². The molecule has 0 aromatic heterocycles. The van der Waals surface area contributed by atoms with E-state index in [4.69, 9.17) is 9.47 Å². The summed E-state index contributed by atoms with van der Waals surface area (Å²) in [5.41, 5.74) is 0.863. The van der Waals surface area contributed by atoms with Crippen LogP contribution in [-0.2, 0) is 5.60 Å². The Kier molecular flexibility index (Phi) is 3.81. The molecule has 0 saturated carbocycles. The van der Waals surface area contributed by atoms with Crippen molar-refractivity contribution in [2.24, 2.45) is 0 Å². The third kappa shape index (κ3) is 2.30. The summed E-state index contributed by atoms with van der Waals surface area (Å²) in [6.07, 6.45) is 0.621. The van der Waals surface area contributed by atoms with Crippen LogP contribution in [0.4, 0.5) is 0 Å². The predicted molar refractivity (Wildman–Crippen MR) is 64.1 cm³/mol. The Balaban J connectivity index is 3.36. The molecule has 0 bridgehead atoms. The van der Waals surface area contributed by atoms with E-state index in [2.05, 4.69) is 0 Å². The number of rotatable bonds is 4. The molecule has 1 atom stereocenters. The Hall–Kier alpha value is -1.22. The standard InChI is InChI=1S/C13H20O3/c1-6-13(3,14)10-8-11(15-4)9(2)7-12(10)16-5/h7-8,14H,6H2,1-5H3. The smallest absolute Gasteiger partial charge is 0.125 e. The third-order valence-corrected chi connectivity index (χ3v) is 2.99. The number of hydrogen-bond acceptors (Lipinski definition) is 3. The van der Waals surface area contributed by atoms with Crippen LogP contribution < -0.4 is 9.47 Å². The van der Waals surface area contributed by atoms with E-state index in [0.29, 0.717) is 12.2 Å². The third-order valence-electron chi connectivity index (χ3n) is 2.99. The summed E-state index contributed by atoms with van der Waals surface area (Å²) >= 11 is 0. The summed E-state index contributed by atoms with van der Waals surface area (Å²) in [4.78, 5) is 0. The van der Waals surface area contributed by atoms with Crippen LogP contribution in [0.15, 0.2) is 12.1 Å². The fourth-order valence-corrected chi connectivity index (χ4v) is 1.66. The van der Waals surface area contributed by atoms with Crippen LogP contribution in [-0.4, -0.2) is 19.3 Å². The van der Waals surface area contributed by atoms with Crippen molar-refractivity contribution in [3.63, 3.8) is 0 Å². The van der Waals surface area contributed by atoms with Gasteiger partial charge < -0.3 is 14.6 Å². The normalized spacial score (nSPS) is 14.4. The number of ether oxygens (including phenoxy) is 2. The molecule has 0 spiro atoms. The fourth-order valence-electron chi connectivity index (χ4n) is 1.66. The van der Waals surface area contributed by atoms with Gasteiger partial charge in [0.15, 0.2) is 0 Å². The molecule has 0 aliphatic rings. The number of methoxy groups -OCH3 is 2. The van der Waals surface area contributed by atoms with Crippen molar-refractivity contribution < 1.29 is 14.6 Å². The van der Waals surface area contributed by atoms with Gasteiger partial charge in [0.2, 0.25) is 0 Å². The summed E-state index contributed by atoms with van der Waals surface area (Å²) in [6, 6.07) is 3.73. The number of hydrogen-bond donors (Lipinski definition) is 1. The minimum atomic E-state index is -0.897. The van der Waals surface area contributed by atoms with Crippen molar-refractivity contribution in [2.45, 2.75) is 32.8 Å². The molecule has 1 aromatic rings. The molecule has 3 nitrogen and oxygen atoms in total. The zero-order valence-corrected chi connectivity index (χ0v) is 10.6. The van der Waals surface area contributed by atoms with E-state index in [0.717, 1.165) is 16.9 Å². The summed E-state index contributed by atoms with van der Waals surface area (Å²) in [5, 5.41) is 10.3. The first-order valence-electron chi connectivity index (χ1n) is 5.41. The fraction of sp³-hybridized carbons (Fsp3) is 0.538. The van der Waals surface area contributed by atoms with Crippen molar-refractivity contribution in [2.75, 3.05) is 14.2 Å². The van der Waals surface area contributed by atoms with Crippen LogP contribution in [0.2, 0.25) is 0 Å². The monoisotopic (exact) mass is 224 g/mol. The predicted octanol–water partition coefficient (Wildman–Crippen LogP) is 2.63. The Morgan fingerprint density at radius 1 is 1.19 bits per heavy atom. The molecule has 0 saturated heterocycles. The summed E-state index contributed by atoms with van der Waals surface area (Å²) in [7, 11) is 3.23. The molecule has 0 aliphatic heterocycles. The van der Waals surface area contributed by atoms with Gasteiger partial charge in [0.25, 0.3) is 0 Å². The lowest BCUT2D eigenvalue weighted by atomic mass is 9.91. The lowest BCUT2D eigenvalue weighted by Gasteiger charge is -2.25. The second kappa shape index (κ2) is 4.74. The highest BCUT2D eigenvalue weighted by atomic mass is 16.5. The second-order valence-electron chi connectivity index (χ2n) is 4.15. The highest BCUT2D eigenvalue weighted by molar-refractivity contribution is 5.48. The largest absolute Gasteiger partial charge is 0.496 e. The lowest BCUT2D eigenvalue weighted by molar-refractivity contribution is 0.0502. The number of benzene rings is 1. The molecule has 1 rings (SSSR count). The summed E-state index contributed by atoms with van der Waals surface area (Å²) in [6.45, 7) is 5.66. The average molecular weight is 224 g/mol. The van der Waals surface area contributed by atoms with Crippen molar-refractivity contribution in [1.82, 2.24) is 0 Å². The van der Waals surface area contributed by atoms with E-state index in [9.17, 15) is 5.11 Å². The Bertz CT molecular complexity index is 370. The zero-order valence-electron chi connectivity index (χ0n) is 10.6. The molecule has 0 radical (unpaired) electrons. The molecule has 0 heterocycles. The van der Waals surface area contributed by atoms with Crippen LogP contribution in [0, 0.1) is 6.92 Å². The molecule has 1 unspecified atom stereocenters. The van der Waals surface area contributed by atoms with Crippen LogP contribution in [0.5, 0.6) is 11.5 Å². The van der Waals surface area contributed by atoms with Gasteiger partial charge in [-0.1, -0.05) is 6.92 Å². The molecule has 0 aliphatic carbocycles. The first kappa shape index (κ1) is 12.8. The molecule has 0 fully saturated rings. The lowest BCUT2D eigenvalue weighted by Crippen LogP contribution is -2.20. The first-order valence-corrected chi connectivity index (χ1v) is 5.41. The van der Waals surface area contributed by atoms with Gasteiger partial charge in [-0.2, -0.15) is 0 Å². The zero-order chi connectivity index (χ0) is 12.3. The van der Waals surface area contributed by atoms with Crippen molar-refractivity contribution in [3.05, 3.63) is 23.3 Å². The molecule has 1 N–H and O–H groups in total. The molecule has 3 heteroatoms. The molecule has 90 valence electrons. The molecular formula is C13H20O3. The highest BCUT2D eigenvalue weighted by Crippen LogP contribution is 2.36. The van der Waals surface area contributed by atoms with Gasteiger partial charge in [0.05, 0.1) is 19.8 Å². The average Bonchev–Trinajstić information content (AvgIpc) is 2.28. The minimum absolute atomic E-state index is 0.621. The maximum Gasteiger partial charge on any atom is 0.125 e. The van der Waals surface area contributed by atoms with Crippen LogP contribution >= 0.6 is 0 Å². The van der Waals surface area contributed by atoms with E-state index in [1.54, 1.807) is 21.1 Å². The Labute approximate surface area is 97.0 Å². The van der Waals surface area contributed by atoms with Crippen LogP contribution in [0.25, 0.3) is 0 Å². The number of aryl methyl sites for hydroxylation is 1. The van der Waals surface area contributed by atoms with E-state index < -0.39 is 5.60 Å². The second-order valence-corrected chi connectivity index (χ2v) is 4.15. The summed E-state index contributed by atoms with van der Waals surface area (Å²) < 4.78 is 10.6. The highest BCUT2D eigenvalue weighted by Gasteiger charge is 2.26. The Morgan fingerprint density at radius 3 is 2.19 bits per heavy atom. The van der Waals surface area contributed by atoms with Crippen molar-refractivity contribution in [1.29, 1.82) is 0 Å². The number of aliphatic hydroxyl groups is 1. The van der Waals surface area contributed by atoms with Gasteiger partial charge in [0.1, 0.15) is 11.5 Å². The van der Waals surface area contributed by atoms with E-state index in [-0.39, 0.29) is 0 Å². The van der Waals surface area contributed by atoms with Gasteiger partial charge >= 0.3 is 0 Å². The minimum Gasteiger partial charge on any atom is -0.496 e. The topological polar surface area (TPSA) is 38.7 Å². The van der Waals surface area contributed by atoms with E-state index >= 15 is 0 Å². The molecule has 1 aromatic carbocycles. The van der Waals surface area contributed by atoms with Gasteiger partial charge in [-0.05, 0) is 38.0 Å². The van der Waals surface area contributed by atoms with E-state index in [1.807, 2.05) is 26.0 Å². The summed E-state index contributed by atoms with van der Waals surface area (Å²) in [5.74, 6) is 1.47. The maximum absolute atomic E-state index is 10.3. The first-order chi connectivity index (χ1) is 7.46. The van der Waals surface area contributed by atoms with Crippen molar-refractivity contribution >= 4 is 0 Å². The van der Waals surface area contributed by atoms with E-state index in [1.165, 1.54) is 0 Å². The van der Waals surface area contributed by atoms with Crippen molar-refractivity contribution in [3.8, 4) is 11.5 Å². The van der Waals surface area contributed by atoms with Gasteiger partial charge in [0, 0.05) is 5.56 Å². The van der Waals surface area contributed by atoms with Gasteiger partial charge in [-0.25, -0.2) is 0 Å².